The highest BCUT2D eigenvalue weighted by Gasteiger charge is 2.13. The molecule has 0 saturated heterocycles. The van der Waals surface area contributed by atoms with Crippen LogP contribution in [0.2, 0.25) is 0 Å². The van der Waals surface area contributed by atoms with Gasteiger partial charge in [-0.2, -0.15) is 0 Å². The topological polar surface area (TPSA) is 0 Å². The van der Waals surface area contributed by atoms with E-state index in [1.54, 1.807) is 0 Å². The van der Waals surface area contributed by atoms with Crippen molar-refractivity contribution in [1.29, 1.82) is 0 Å². The molecule has 0 aliphatic heterocycles. The Bertz CT molecular complexity index is 602. The number of hydrogen-bond donors (Lipinski definition) is 0. The standard InChI is InChI=1S/C19H19/c1-3-14(2)15-8-10-16(11-9-15)19-12-17-6-4-5-7-18(17)13-19/h4-14H,3H2,1-2H3. The van der Waals surface area contributed by atoms with Crippen LogP contribution < -0.4 is 0 Å². The lowest BCUT2D eigenvalue weighted by atomic mass is 9.95. The van der Waals surface area contributed by atoms with Crippen molar-refractivity contribution in [3.63, 3.8) is 0 Å². The van der Waals surface area contributed by atoms with Crippen LogP contribution in [-0.4, -0.2) is 0 Å². The molecule has 0 saturated carbocycles. The zero-order valence-electron chi connectivity index (χ0n) is 11.6. The van der Waals surface area contributed by atoms with Crippen molar-refractivity contribution in [3.8, 4) is 0 Å². The molecule has 0 heterocycles. The fraction of sp³-hybridized carbons (Fsp3) is 0.211. The largest absolute Gasteiger partial charge is 0.0648 e. The summed E-state index contributed by atoms with van der Waals surface area (Å²) in [5.74, 6) is 0.646. The first-order valence-corrected chi connectivity index (χ1v) is 7.03. The van der Waals surface area contributed by atoms with Crippen LogP contribution in [-0.2, 0) is 0 Å². The third-order valence-corrected chi connectivity index (χ3v) is 4.04. The lowest BCUT2D eigenvalue weighted by Crippen LogP contribution is -1.91. The molecule has 0 nitrogen and oxygen atoms in total. The number of hydrogen-bond acceptors (Lipinski definition) is 0. The van der Waals surface area contributed by atoms with Gasteiger partial charge in [0.15, 0.2) is 0 Å². The summed E-state index contributed by atoms with van der Waals surface area (Å²) < 4.78 is 0. The maximum atomic E-state index is 2.28. The van der Waals surface area contributed by atoms with Gasteiger partial charge >= 0.3 is 0 Å². The average molecular weight is 247 g/mol. The molecule has 0 N–H and O–H groups in total. The monoisotopic (exact) mass is 247 g/mol. The average Bonchev–Trinajstić information content (AvgIpc) is 2.90. The van der Waals surface area contributed by atoms with Crippen molar-refractivity contribution >= 4 is 11.6 Å². The predicted octanol–water partition coefficient (Wildman–Crippen LogP) is 5.31. The summed E-state index contributed by atoms with van der Waals surface area (Å²) in [5.41, 5.74) is 6.70. The molecule has 1 aliphatic rings. The van der Waals surface area contributed by atoms with Crippen LogP contribution in [0.3, 0.4) is 0 Å². The molecule has 0 fully saturated rings. The van der Waals surface area contributed by atoms with E-state index in [4.69, 9.17) is 0 Å². The molecule has 2 aromatic rings. The summed E-state index contributed by atoms with van der Waals surface area (Å²) in [7, 11) is 0. The Morgan fingerprint density at radius 3 is 2.21 bits per heavy atom. The Morgan fingerprint density at radius 1 is 0.895 bits per heavy atom. The predicted molar refractivity (Wildman–Crippen MR) is 82.9 cm³/mol. The van der Waals surface area contributed by atoms with E-state index >= 15 is 0 Å². The minimum atomic E-state index is 0.646. The highest BCUT2D eigenvalue weighted by Crippen LogP contribution is 2.33. The fourth-order valence-corrected chi connectivity index (χ4v) is 2.56. The quantitative estimate of drug-likeness (QED) is 0.689. The number of fused-ring (bicyclic) bond motifs is 1. The van der Waals surface area contributed by atoms with Crippen LogP contribution in [0.5, 0.6) is 0 Å². The first-order valence-electron chi connectivity index (χ1n) is 7.03. The van der Waals surface area contributed by atoms with Gasteiger partial charge in [-0.3, -0.25) is 0 Å². The second kappa shape index (κ2) is 5.05. The van der Waals surface area contributed by atoms with Gasteiger partial charge in [-0.15, -0.1) is 0 Å². The molecule has 0 bridgehead atoms. The van der Waals surface area contributed by atoms with Crippen LogP contribution in [0.1, 0.15) is 48.4 Å². The van der Waals surface area contributed by atoms with Gasteiger partial charge < -0.3 is 0 Å². The Kier molecular flexibility index (Phi) is 3.25. The van der Waals surface area contributed by atoms with Gasteiger partial charge in [0.05, 0.1) is 0 Å². The normalized spacial score (nSPS) is 14.9. The molecule has 3 rings (SSSR count). The lowest BCUT2D eigenvalue weighted by Gasteiger charge is -2.10. The van der Waals surface area contributed by atoms with Crippen LogP contribution in [0.15, 0.2) is 48.5 Å². The molecule has 1 unspecified atom stereocenters. The van der Waals surface area contributed by atoms with Crippen LogP contribution in [0.25, 0.3) is 11.6 Å². The lowest BCUT2D eigenvalue weighted by molar-refractivity contribution is 0.733. The SMILES string of the molecule is CCC(C)c1ccc(C2=Cc3ccccc3[CH]2)cc1. The van der Waals surface area contributed by atoms with Crippen LogP contribution in [0, 0.1) is 6.42 Å². The van der Waals surface area contributed by atoms with Gasteiger partial charge in [-0.05, 0) is 40.2 Å². The van der Waals surface area contributed by atoms with Crippen molar-refractivity contribution in [2.24, 2.45) is 0 Å². The maximum Gasteiger partial charge on any atom is 0.0211 e. The molecule has 1 aliphatic carbocycles. The first kappa shape index (κ1) is 12.2. The van der Waals surface area contributed by atoms with E-state index in [0.717, 1.165) is 0 Å². The Hall–Kier alpha value is -1.82. The van der Waals surface area contributed by atoms with E-state index in [1.165, 1.54) is 34.2 Å². The molecule has 0 heteroatoms. The molecule has 0 aromatic heterocycles. The van der Waals surface area contributed by atoms with E-state index in [-0.39, 0.29) is 0 Å². The molecular formula is C19H19. The third kappa shape index (κ3) is 2.35. The van der Waals surface area contributed by atoms with Gasteiger partial charge in [0, 0.05) is 6.42 Å². The molecule has 1 radical (unpaired) electrons. The third-order valence-electron chi connectivity index (χ3n) is 4.04. The number of benzene rings is 2. The van der Waals surface area contributed by atoms with Crippen LogP contribution in [0.4, 0.5) is 0 Å². The zero-order valence-corrected chi connectivity index (χ0v) is 11.6. The minimum absolute atomic E-state index is 0.646. The molecular weight excluding hydrogens is 228 g/mol. The Morgan fingerprint density at radius 2 is 1.58 bits per heavy atom. The molecule has 95 valence electrons. The number of rotatable bonds is 3. The Labute approximate surface area is 115 Å². The summed E-state index contributed by atoms with van der Waals surface area (Å²) >= 11 is 0. The summed E-state index contributed by atoms with van der Waals surface area (Å²) in [6.07, 6.45) is 5.74. The number of allylic oxidation sites excluding steroid dienone is 1. The highest BCUT2D eigenvalue weighted by molar-refractivity contribution is 5.94. The van der Waals surface area contributed by atoms with Crippen LogP contribution >= 0.6 is 0 Å². The Balaban J connectivity index is 1.86. The van der Waals surface area contributed by atoms with Gasteiger partial charge in [-0.1, -0.05) is 68.5 Å². The van der Waals surface area contributed by atoms with E-state index in [9.17, 15) is 0 Å². The molecule has 0 spiro atoms. The van der Waals surface area contributed by atoms with Crippen molar-refractivity contribution in [2.45, 2.75) is 26.2 Å². The molecule has 1 atom stereocenters. The van der Waals surface area contributed by atoms with E-state index in [0.29, 0.717) is 5.92 Å². The second-order valence-corrected chi connectivity index (χ2v) is 5.30. The van der Waals surface area contributed by atoms with Gasteiger partial charge in [0.2, 0.25) is 0 Å². The smallest absolute Gasteiger partial charge is 0.0211 e. The summed E-state index contributed by atoms with van der Waals surface area (Å²) in [6, 6.07) is 17.6. The summed E-state index contributed by atoms with van der Waals surface area (Å²) in [4.78, 5) is 0. The van der Waals surface area contributed by atoms with Gasteiger partial charge in [0.1, 0.15) is 0 Å². The second-order valence-electron chi connectivity index (χ2n) is 5.30. The van der Waals surface area contributed by atoms with Crippen molar-refractivity contribution in [1.82, 2.24) is 0 Å². The van der Waals surface area contributed by atoms with E-state index in [2.05, 4.69) is 74.9 Å². The van der Waals surface area contributed by atoms with Crippen molar-refractivity contribution in [3.05, 3.63) is 77.2 Å². The fourth-order valence-electron chi connectivity index (χ4n) is 2.56. The zero-order chi connectivity index (χ0) is 13.2. The highest BCUT2D eigenvalue weighted by atomic mass is 14.2. The van der Waals surface area contributed by atoms with Gasteiger partial charge in [0.25, 0.3) is 0 Å². The molecule has 19 heavy (non-hydrogen) atoms. The molecule has 2 aromatic carbocycles. The maximum absolute atomic E-state index is 2.28. The summed E-state index contributed by atoms with van der Waals surface area (Å²) in [5, 5.41) is 0. The molecule has 0 amide bonds. The van der Waals surface area contributed by atoms with Crippen molar-refractivity contribution in [2.75, 3.05) is 0 Å². The van der Waals surface area contributed by atoms with E-state index in [1.807, 2.05) is 0 Å². The van der Waals surface area contributed by atoms with E-state index < -0.39 is 0 Å². The minimum Gasteiger partial charge on any atom is -0.0648 e. The summed E-state index contributed by atoms with van der Waals surface area (Å²) in [6.45, 7) is 4.52. The van der Waals surface area contributed by atoms with Crippen molar-refractivity contribution < 1.29 is 0 Å². The van der Waals surface area contributed by atoms with Gasteiger partial charge in [-0.25, -0.2) is 0 Å². The first-order chi connectivity index (χ1) is 9.28.